The summed E-state index contributed by atoms with van der Waals surface area (Å²) >= 11 is 0. The number of amidine groups is 2. The van der Waals surface area contributed by atoms with Crippen molar-refractivity contribution in [3.8, 4) is 11.5 Å². The topological polar surface area (TPSA) is 90.2 Å². The van der Waals surface area contributed by atoms with E-state index in [2.05, 4.69) is 10.6 Å². The first-order valence-corrected chi connectivity index (χ1v) is 9.98. The van der Waals surface area contributed by atoms with Crippen LogP contribution in [-0.4, -0.2) is 25.8 Å². The summed E-state index contributed by atoms with van der Waals surface area (Å²) in [6.45, 7) is -0.455. The second-order valence-electron chi connectivity index (χ2n) is 7.01. The summed E-state index contributed by atoms with van der Waals surface area (Å²) in [4.78, 5) is 0. The SMILES string of the molecule is CNC(=N)c1ccc(OCc2cccc(COc3ccc(C(=N)NC)cc3F)c2F)c(F)c1. The molecule has 0 saturated heterocycles. The number of hydrogen-bond acceptors (Lipinski definition) is 4. The van der Waals surface area contributed by atoms with Gasteiger partial charge in [0, 0.05) is 36.3 Å². The monoisotopic (exact) mass is 456 g/mol. The van der Waals surface area contributed by atoms with E-state index < -0.39 is 17.5 Å². The highest BCUT2D eigenvalue weighted by molar-refractivity contribution is 5.96. The second-order valence-corrected chi connectivity index (χ2v) is 7.01. The molecule has 0 aromatic heterocycles. The Morgan fingerprint density at radius 1 is 0.727 bits per heavy atom. The maximum Gasteiger partial charge on any atom is 0.165 e. The fraction of sp³-hybridized carbons (Fsp3) is 0.167. The molecule has 33 heavy (non-hydrogen) atoms. The van der Waals surface area contributed by atoms with E-state index >= 15 is 0 Å². The maximum atomic E-state index is 14.9. The van der Waals surface area contributed by atoms with Crippen molar-refractivity contribution in [2.24, 2.45) is 0 Å². The maximum absolute atomic E-state index is 14.9. The van der Waals surface area contributed by atoms with Gasteiger partial charge in [-0.15, -0.1) is 0 Å². The predicted molar refractivity (Wildman–Crippen MR) is 120 cm³/mol. The van der Waals surface area contributed by atoms with Crippen molar-refractivity contribution in [1.29, 1.82) is 10.8 Å². The van der Waals surface area contributed by atoms with Crippen molar-refractivity contribution in [2.45, 2.75) is 13.2 Å². The molecule has 0 aliphatic carbocycles. The van der Waals surface area contributed by atoms with Crippen LogP contribution in [0.5, 0.6) is 11.5 Å². The third kappa shape index (κ3) is 5.62. The minimum atomic E-state index is -0.669. The average molecular weight is 456 g/mol. The lowest BCUT2D eigenvalue weighted by atomic mass is 10.1. The molecule has 0 aliphatic heterocycles. The predicted octanol–water partition coefficient (Wildman–Crippen LogP) is 4.35. The van der Waals surface area contributed by atoms with Crippen LogP contribution < -0.4 is 20.1 Å². The molecule has 3 aromatic carbocycles. The molecule has 0 aliphatic rings. The molecule has 0 heterocycles. The lowest BCUT2D eigenvalue weighted by molar-refractivity contribution is 0.274. The van der Waals surface area contributed by atoms with Crippen LogP contribution in [0.1, 0.15) is 22.3 Å². The Morgan fingerprint density at radius 2 is 1.15 bits per heavy atom. The van der Waals surface area contributed by atoms with E-state index in [-0.39, 0.29) is 47.5 Å². The van der Waals surface area contributed by atoms with Gasteiger partial charge in [-0.05, 0) is 36.4 Å². The van der Waals surface area contributed by atoms with Crippen LogP contribution in [0.3, 0.4) is 0 Å². The normalized spacial score (nSPS) is 10.5. The molecule has 0 amide bonds. The molecular weight excluding hydrogens is 433 g/mol. The Labute approximate surface area is 189 Å². The van der Waals surface area contributed by atoms with Crippen molar-refractivity contribution in [1.82, 2.24) is 10.6 Å². The zero-order valence-corrected chi connectivity index (χ0v) is 18.1. The lowest BCUT2D eigenvalue weighted by Crippen LogP contribution is -2.18. The average Bonchev–Trinajstić information content (AvgIpc) is 2.82. The lowest BCUT2D eigenvalue weighted by Gasteiger charge is -2.13. The van der Waals surface area contributed by atoms with Gasteiger partial charge in [0.25, 0.3) is 0 Å². The summed E-state index contributed by atoms with van der Waals surface area (Å²) < 4.78 is 54.3. The fourth-order valence-electron chi connectivity index (χ4n) is 3.00. The summed E-state index contributed by atoms with van der Waals surface area (Å²) in [5.41, 5.74) is 1.08. The number of benzene rings is 3. The quantitative estimate of drug-likeness (QED) is 0.300. The highest BCUT2D eigenvalue weighted by Crippen LogP contribution is 2.23. The first-order valence-electron chi connectivity index (χ1n) is 9.98. The van der Waals surface area contributed by atoms with Gasteiger partial charge in [0.1, 0.15) is 30.7 Å². The minimum absolute atomic E-state index is 0.0607. The Kier molecular flexibility index (Phi) is 7.55. The third-order valence-electron chi connectivity index (χ3n) is 4.87. The number of ether oxygens (including phenoxy) is 2. The molecule has 0 unspecified atom stereocenters. The van der Waals surface area contributed by atoms with E-state index in [0.29, 0.717) is 11.1 Å². The molecule has 6 nitrogen and oxygen atoms in total. The molecule has 3 rings (SSSR count). The van der Waals surface area contributed by atoms with Crippen molar-refractivity contribution >= 4 is 11.7 Å². The Hall–Kier alpha value is -4.01. The first kappa shape index (κ1) is 23.6. The molecular formula is C24H23F3N4O2. The van der Waals surface area contributed by atoms with Crippen LogP contribution in [-0.2, 0) is 13.2 Å². The molecule has 0 spiro atoms. The third-order valence-corrected chi connectivity index (χ3v) is 4.87. The van der Waals surface area contributed by atoms with E-state index in [1.54, 1.807) is 20.2 Å². The fourth-order valence-corrected chi connectivity index (χ4v) is 3.00. The molecule has 0 saturated carbocycles. The molecule has 3 aromatic rings. The molecule has 0 atom stereocenters. The van der Waals surface area contributed by atoms with Crippen molar-refractivity contribution in [3.05, 3.63) is 94.3 Å². The van der Waals surface area contributed by atoms with Crippen molar-refractivity contribution < 1.29 is 22.6 Å². The molecule has 172 valence electrons. The van der Waals surface area contributed by atoms with Crippen LogP contribution in [0.15, 0.2) is 54.6 Å². The van der Waals surface area contributed by atoms with Gasteiger partial charge >= 0.3 is 0 Å². The summed E-state index contributed by atoms with van der Waals surface area (Å²) in [6, 6.07) is 12.7. The van der Waals surface area contributed by atoms with E-state index in [1.165, 1.54) is 36.4 Å². The number of halogens is 3. The molecule has 4 N–H and O–H groups in total. The summed E-state index contributed by atoms with van der Waals surface area (Å²) in [7, 11) is 3.12. The number of nitrogens with one attached hydrogen (secondary N) is 4. The van der Waals surface area contributed by atoms with Gasteiger partial charge in [-0.1, -0.05) is 18.2 Å². The molecule has 0 radical (unpaired) electrons. The molecule has 0 bridgehead atoms. The highest BCUT2D eigenvalue weighted by Gasteiger charge is 2.13. The second kappa shape index (κ2) is 10.5. The van der Waals surface area contributed by atoms with Crippen LogP contribution >= 0.6 is 0 Å². The van der Waals surface area contributed by atoms with Gasteiger partial charge in [-0.25, -0.2) is 13.2 Å². The summed E-state index contributed by atoms with van der Waals surface area (Å²) in [5, 5.41) is 20.6. The van der Waals surface area contributed by atoms with Gasteiger partial charge in [0.05, 0.1) is 0 Å². The van der Waals surface area contributed by atoms with Crippen LogP contribution in [0.2, 0.25) is 0 Å². The smallest absolute Gasteiger partial charge is 0.165 e. The summed E-state index contributed by atoms with van der Waals surface area (Å²) in [6.07, 6.45) is 0. The Bertz CT molecular complexity index is 1100. The van der Waals surface area contributed by atoms with Gasteiger partial charge < -0.3 is 20.1 Å². The van der Waals surface area contributed by atoms with Crippen LogP contribution in [0.25, 0.3) is 0 Å². The summed E-state index contributed by atoms with van der Waals surface area (Å²) in [5.74, 6) is -1.96. The van der Waals surface area contributed by atoms with Crippen LogP contribution in [0.4, 0.5) is 13.2 Å². The minimum Gasteiger partial charge on any atom is -0.486 e. The van der Waals surface area contributed by atoms with Crippen LogP contribution in [0, 0.1) is 28.3 Å². The van der Waals surface area contributed by atoms with E-state index in [4.69, 9.17) is 20.3 Å². The Balaban J connectivity index is 1.67. The largest absolute Gasteiger partial charge is 0.486 e. The van der Waals surface area contributed by atoms with Gasteiger partial charge in [-0.3, -0.25) is 10.8 Å². The standard InChI is InChI=1S/C24H23F3N4O2/c1-30-23(28)14-6-8-20(18(25)10-14)32-12-16-4-3-5-17(22(16)27)13-33-21-9-7-15(11-19(21)26)24(29)31-2/h3-11H,12-13H2,1-2H3,(H2,28,30)(H2,29,31). The highest BCUT2D eigenvalue weighted by atomic mass is 19.1. The zero-order chi connectivity index (χ0) is 24.0. The van der Waals surface area contributed by atoms with Gasteiger partial charge in [0.15, 0.2) is 23.1 Å². The number of hydrogen-bond donors (Lipinski definition) is 4. The number of rotatable bonds is 8. The van der Waals surface area contributed by atoms with Crippen molar-refractivity contribution in [3.63, 3.8) is 0 Å². The van der Waals surface area contributed by atoms with Gasteiger partial charge in [-0.2, -0.15) is 0 Å². The Morgan fingerprint density at radius 3 is 1.52 bits per heavy atom. The first-order chi connectivity index (χ1) is 15.8. The van der Waals surface area contributed by atoms with Gasteiger partial charge in [0.2, 0.25) is 0 Å². The zero-order valence-electron chi connectivity index (χ0n) is 18.1. The molecule has 0 fully saturated rings. The van der Waals surface area contributed by atoms with Crippen molar-refractivity contribution in [2.75, 3.05) is 14.1 Å². The van der Waals surface area contributed by atoms with E-state index in [0.717, 1.165) is 12.1 Å². The van der Waals surface area contributed by atoms with E-state index in [1.807, 2.05) is 0 Å². The van der Waals surface area contributed by atoms with E-state index in [9.17, 15) is 13.2 Å². The molecule has 9 heteroatoms.